The number of halogens is 2. The highest BCUT2D eigenvalue weighted by Gasteiger charge is 2.31. The second-order valence-electron chi connectivity index (χ2n) is 7.21. The van der Waals surface area contributed by atoms with Gasteiger partial charge >= 0.3 is 0 Å². The molecule has 2 unspecified atom stereocenters. The van der Waals surface area contributed by atoms with E-state index in [1.807, 2.05) is 13.0 Å². The summed E-state index contributed by atoms with van der Waals surface area (Å²) in [5.74, 6) is 0.640. The number of rotatable bonds is 6. The van der Waals surface area contributed by atoms with E-state index in [9.17, 15) is 4.39 Å². The molecule has 152 valence electrons. The lowest BCUT2D eigenvalue weighted by molar-refractivity contribution is -0.0432. The van der Waals surface area contributed by atoms with Gasteiger partial charge in [0, 0.05) is 25.7 Å². The molecule has 27 heavy (non-hydrogen) atoms. The molecule has 3 rings (SSSR count). The first kappa shape index (κ1) is 22.4. The number of benzene rings is 1. The van der Waals surface area contributed by atoms with Crippen LogP contribution in [0.1, 0.15) is 30.9 Å². The molecule has 2 saturated heterocycles. The Hall–Kier alpha value is -0.930. The molecule has 0 saturated carbocycles. The smallest absolute Gasteiger partial charge is 0.191 e. The van der Waals surface area contributed by atoms with Gasteiger partial charge in [-0.1, -0.05) is 6.07 Å². The van der Waals surface area contributed by atoms with E-state index in [2.05, 4.69) is 22.5 Å². The monoisotopic (exact) mass is 490 g/mol. The summed E-state index contributed by atoms with van der Waals surface area (Å²) in [6.07, 6.45) is 3.57. The maximum absolute atomic E-state index is 13.2. The van der Waals surface area contributed by atoms with Crippen LogP contribution in [0.15, 0.2) is 23.2 Å². The number of ether oxygens (including phenoxy) is 1. The van der Waals surface area contributed by atoms with Gasteiger partial charge in [0.05, 0.1) is 19.3 Å². The number of hydrogen-bond acceptors (Lipinski definition) is 3. The van der Waals surface area contributed by atoms with Crippen LogP contribution in [0.2, 0.25) is 0 Å². The van der Waals surface area contributed by atoms with Crippen molar-refractivity contribution in [2.45, 2.75) is 45.3 Å². The fourth-order valence-corrected chi connectivity index (χ4v) is 3.79. The number of aliphatic imine (C=N–C) groups is 1. The molecule has 1 aromatic rings. The predicted molar refractivity (Wildman–Crippen MR) is 119 cm³/mol. The molecule has 0 aliphatic carbocycles. The number of hydrogen-bond donors (Lipinski definition) is 2. The Labute approximate surface area is 179 Å². The first-order chi connectivity index (χ1) is 12.7. The maximum Gasteiger partial charge on any atom is 0.191 e. The Bertz CT molecular complexity index is 628. The van der Waals surface area contributed by atoms with E-state index in [0.29, 0.717) is 12.6 Å². The van der Waals surface area contributed by atoms with Crippen molar-refractivity contribution in [1.82, 2.24) is 15.5 Å². The summed E-state index contributed by atoms with van der Waals surface area (Å²) in [5.41, 5.74) is 2.15. The van der Waals surface area contributed by atoms with Gasteiger partial charge in [0.1, 0.15) is 5.82 Å². The number of fused-ring (bicyclic) bond motifs is 1. The maximum atomic E-state index is 13.2. The third kappa shape index (κ3) is 6.57. The van der Waals surface area contributed by atoms with Crippen molar-refractivity contribution in [1.29, 1.82) is 0 Å². The summed E-state index contributed by atoms with van der Waals surface area (Å²) in [6, 6.07) is 5.59. The van der Waals surface area contributed by atoms with Crippen LogP contribution < -0.4 is 10.6 Å². The minimum absolute atomic E-state index is 0. The van der Waals surface area contributed by atoms with E-state index in [4.69, 9.17) is 9.73 Å². The molecule has 2 fully saturated rings. The quantitative estimate of drug-likeness (QED) is 0.366. The van der Waals surface area contributed by atoms with Crippen LogP contribution in [0.3, 0.4) is 0 Å². The highest BCUT2D eigenvalue weighted by Crippen LogP contribution is 2.22. The number of aryl methyl sites for hydroxylation is 1. The Kier molecular flexibility index (Phi) is 9.25. The van der Waals surface area contributed by atoms with Crippen molar-refractivity contribution in [3.8, 4) is 0 Å². The molecular formula is C20H32FIN4O. The predicted octanol–water partition coefficient (Wildman–Crippen LogP) is 2.71. The summed E-state index contributed by atoms with van der Waals surface area (Å²) in [6.45, 7) is 9.30. The third-order valence-corrected chi connectivity index (χ3v) is 5.25. The zero-order valence-electron chi connectivity index (χ0n) is 16.3. The lowest BCUT2D eigenvalue weighted by Gasteiger charge is -2.34. The molecule has 5 nitrogen and oxygen atoms in total. The van der Waals surface area contributed by atoms with E-state index in [-0.39, 0.29) is 35.9 Å². The Morgan fingerprint density at radius 2 is 2.22 bits per heavy atom. The van der Waals surface area contributed by atoms with Gasteiger partial charge < -0.3 is 15.4 Å². The lowest BCUT2D eigenvalue weighted by atomic mass is 10.1. The van der Waals surface area contributed by atoms with Gasteiger partial charge in [-0.25, -0.2) is 4.39 Å². The molecule has 0 spiro atoms. The largest absolute Gasteiger partial charge is 0.373 e. The highest BCUT2D eigenvalue weighted by atomic mass is 127. The van der Waals surface area contributed by atoms with Gasteiger partial charge in [0.2, 0.25) is 0 Å². The van der Waals surface area contributed by atoms with Crippen molar-refractivity contribution in [2.75, 3.05) is 39.3 Å². The number of nitrogens with one attached hydrogen (secondary N) is 2. The molecular weight excluding hydrogens is 458 g/mol. The van der Waals surface area contributed by atoms with Gasteiger partial charge in [-0.2, -0.15) is 0 Å². The SMILES string of the molecule is CCNC(=NCC1CN2CCCC2CO1)NCCc1ccc(F)cc1C.I. The molecule has 0 amide bonds. The van der Waals surface area contributed by atoms with Gasteiger partial charge in [-0.05, 0) is 62.9 Å². The Balaban J connectivity index is 0.00000261. The minimum atomic E-state index is -0.179. The fraction of sp³-hybridized carbons (Fsp3) is 0.650. The third-order valence-electron chi connectivity index (χ3n) is 5.25. The molecule has 1 aromatic carbocycles. The topological polar surface area (TPSA) is 48.9 Å². The van der Waals surface area contributed by atoms with Gasteiger partial charge in [0.15, 0.2) is 5.96 Å². The normalized spacial score (nSPS) is 22.9. The van der Waals surface area contributed by atoms with Crippen LogP contribution in [0.4, 0.5) is 4.39 Å². The minimum Gasteiger partial charge on any atom is -0.373 e. The summed E-state index contributed by atoms with van der Waals surface area (Å²) in [7, 11) is 0. The summed E-state index contributed by atoms with van der Waals surface area (Å²) < 4.78 is 19.2. The molecule has 7 heteroatoms. The second kappa shape index (κ2) is 11.2. The number of morpholine rings is 1. The van der Waals surface area contributed by atoms with Gasteiger partial charge in [-0.15, -0.1) is 24.0 Å². The van der Waals surface area contributed by atoms with Crippen molar-refractivity contribution in [3.05, 3.63) is 35.1 Å². The molecule has 2 atom stereocenters. The van der Waals surface area contributed by atoms with Crippen LogP contribution in [-0.4, -0.2) is 62.3 Å². The summed E-state index contributed by atoms with van der Waals surface area (Å²) in [4.78, 5) is 7.24. The van der Waals surface area contributed by atoms with Crippen molar-refractivity contribution in [3.63, 3.8) is 0 Å². The Morgan fingerprint density at radius 3 is 3.00 bits per heavy atom. The Morgan fingerprint density at radius 1 is 1.37 bits per heavy atom. The van der Waals surface area contributed by atoms with Gasteiger partial charge in [-0.3, -0.25) is 9.89 Å². The lowest BCUT2D eigenvalue weighted by Crippen LogP contribution is -2.47. The van der Waals surface area contributed by atoms with Gasteiger partial charge in [0.25, 0.3) is 0 Å². The summed E-state index contributed by atoms with van der Waals surface area (Å²) in [5, 5.41) is 6.66. The van der Waals surface area contributed by atoms with Crippen LogP contribution in [-0.2, 0) is 11.2 Å². The molecule has 2 N–H and O–H groups in total. The molecule has 2 heterocycles. The summed E-state index contributed by atoms with van der Waals surface area (Å²) >= 11 is 0. The molecule has 2 aliphatic heterocycles. The standard InChI is InChI=1S/C20H31FN4O.HI/c1-3-22-20(23-9-8-16-6-7-17(21)11-15(16)2)24-12-19-13-25-10-4-5-18(25)14-26-19;/h6-7,11,18-19H,3-5,8-10,12-14H2,1-2H3,(H2,22,23,24);1H. The molecule has 2 aliphatic rings. The molecule has 0 aromatic heterocycles. The van der Waals surface area contributed by atoms with E-state index in [1.165, 1.54) is 25.5 Å². The first-order valence-corrected chi connectivity index (χ1v) is 9.78. The second-order valence-corrected chi connectivity index (χ2v) is 7.21. The van der Waals surface area contributed by atoms with E-state index < -0.39 is 0 Å². The van der Waals surface area contributed by atoms with Crippen molar-refractivity contribution in [2.24, 2.45) is 4.99 Å². The average molecular weight is 490 g/mol. The zero-order valence-corrected chi connectivity index (χ0v) is 18.7. The van der Waals surface area contributed by atoms with E-state index >= 15 is 0 Å². The van der Waals surface area contributed by atoms with Crippen LogP contribution in [0, 0.1) is 12.7 Å². The van der Waals surface area contributed by atoms with E-state index in [1.54, 1.807) is 6.07 Å². The zero-order chi connectivity index (χ0) is 18.4. The first-order valence-electron chi connectivity index (χ1n) is 9.78. The van der Waals surface area contributed by atoms with Crippen molar-refractivity contribution >= 4 is 29.9 Å². The number of nitrogens with zero attached hydrogens (tertiary/aromatic N) is 2. The van der Waals surface area contributed by atoms with Crippen LogP contribution >= 0.6 is 24.0 Å². The average Bonchev–Trinajstić information content (AvgIpc) is 3.09. The fourth-order valence-electron chi connectivity index (χ4n) is 3.79. The molecule has 0 bridgehead atoms. The number of guanidine groups is 1. The molecule has 0 radical (unpaired) electrons. The highest BCUT2D eigenvalue weighted by molar-refractivity contribution is 14.0. The van der Waals surface area contributed by atoms with Crippen LogP contribution in [0.5, 0.6) is 0 Å². The van der Waals surface area contributed by atoms with E-state index in [0.717, 1.165) is 49.7 Å². The van der Waals surface area contributed by atoms with Crippen LogP contribution in [0.25, 0.3) is 0 Å². The van der Waals surface area contributed by atoms with Crippen molar-refractivity contribution < 1.29 is 9.13 Å².